The molecule has 1 aromatic carbocycles. The number of hydrogen-bond donors (Lipinski definition) is 2. The first-order chi connectivity index (χ1) is 20.9. The van der Waals surface area contributed by atoms with Crippen LogP contribution in [0.5, 0.6) is 0 Å². The first-order valence-corrected chi connectivity index (χ1v) is 18.6. The van der Waals surface area contributed by atoms with E-state index in [9.17, 15) is 27.6 Å². The largest absolute Gasteiger partial charge is 0.471 e. The molecule has 1 aliphatic rings. The van der Waals surface area contributed by atoms with Gasteiger partial charge in [0.2, 0.25) is 0 Å². The van der Waals surface area contributed by atoms with Crippen LogP contribution in [0, 0.1) is 0 Å². The number of hydrogen-bond acceptors (Lipinski definition) is 7. The Labute approximate surface area is 262 Å². The predicted molar refractivity (Wildman–Crippen MR) is 167 cm³/mol. The summed E-state index contributed by atoms with van der Waals surface area (Å²) in [5, 5.41) is 5.37. The Morgan fingerprint density at radius 3 is 2.40 bits per heavy atom. The topological polar surface area (TPSA) is 124 Å². The third-order valence-corrected chi connectivity index (χ3v) is 8.60. The maximum atomic E-state index is 13.9. The molecule has 0 spiro atoms. The lowest BCUT2D eigenvalue weighted by atomic mass is 10.0. The highest BCUT2D eigenvalue weighted by molar-refractivity contribution is 6.76. The van der Waals surface area contributed by atoms with E-state index in [1.54, 1.807) is 31.5 Å². The van der Waals surface area contributed by atoms with E-state index >= 15 is 0 Å². The number of rotatable bonds is 7. The fraction of sp³-hybridized carbons (Fsp3) is 0.600. The van der Waals surface area contributed by atoms with Crippen molar-refractivity contribution in [3.8, 4) is 11.3 Å². The molecular weight excluding hydrogens is 611 g/mol. The van der Waals surface area contributed by atoms with Gasteiger partial charge in [-0.25, -0.2) is 14.6 Å². The summed E-state index contributed by atoms with van der Waals surface area (Å²) in [6.07, 6.45) is -3.30. The molecule has 11 nitrogen and oxygen atoms in total. The number of imidazole rings is 1. The van der Waals surface area contributed by atoms with Gasteiger partial charge in [0.25, 0.3) is 0 Å². The van der Waals surface area contributed by atoms with E-state index in [1.165, 1.54) is 18.2 Å². The van der Waals surface area contributed by atoms with Crippen molar-refractivity contribution in [2.24, 2.45) is 0 Å². The number of ether oxygens (including phenoxy) is 3. The molecule has 0 saturated carbocycles. The fourth-order valence-corrected chi connectivity index (χ4v) is 5.45. The maximum absolute atomic E-state index is 13.9. The fourth-order valence-electron chi connectivity index (χ4n) is 4.70. The van der Waals surface area contributed by atoms with Gasteiger partial charge in [0.1, 0.15) is 18.2 Å². The average Bonchev–Trinajstić information content (AvgIpc) is 3.33. The van der Waals surface area contributed by atoms with Gasteiger partial charge in [0.15, 0.2) is 0 Å². The van der Waals surface area contributed by atoms with Gasteiger partial charge in [0, 0.05) is 38.7 Å². The van der Waals surface area contributed by atoms with Gasteiger partial charge < -0.3 is 29.0 Å². The first kappa shape index (κ1) is 35.9. The minimum absolute atomic E-state index is 0.0840. The van der Waals surface area contributed by atoms with Gasteiger partial charge in [-0.2, -0.15) is 13.2 Å². The Kier molecular flexibility index (Phi) is 11.7. The lowest BCUT2D eigenvalue weighted by Crippen LogP contribution is -2.42. The second-order valence-electron chi connectivity index (χ2n) is 13.2. The van der Waals surface area contributed by atoms with Crippen LogP contribution in [0.25, 0.3) is 11.3 Å². The molecule has 2 bridgehead atoms. The van der Waals surface area contributed by atoms with E-state index in [0.29, 0.717) is 36.6 Å². The normalized spacial score (nSPS) is 16.1. The second kappa shape index (κ2) is 14.7. The zero-order valence-corrected chi connectivity index (χ0v) is 28.0. The highest BCUT2D eigenvalue weighted by Crippen LogP contribution is 2.37. The van der Waals surface area contributed by atoms with Crippen molar-refractivity contribution in [1.82, 2.24) is 14.9 Å². The van der Waals surface area contributed by atoms with Gasteiger partial charge >= 0.3 is 24.3 Å². The van der Waals surface area contributed by atoms with Crippen LogP contribution >= 0.6 is 0 Å². The van der Waals surface area contributed by atoms with Crippen molar-refractivity contribution in [1.29, 1.82) is 0 Å². The molecule has 0 fully saturated rings. The molecule has 1 aliphatic heterocycles. The van der Waals surface area contributed by atoms with E-state index in [0.717, 1.165) is 13.2 Å². The van der Waals surface area contributed by atoms with Gasteiger partial charge in [0.05, 0.1) is 24.5 Å². The standard InChI is InChI=1S/C30H44F3N5O6Si/c1-29(2,3)44-28(41)36-22-11-9-8-10-14-38(26(39)30(31,32)33)24-17-20(34-27(40)42-4)12-13-21(24)23-18-37(25(22)35-23)19-43-15-16-45(5,6)7/h12-13,17-18,22H,8-11,14-16,19H2,1-7H3,(H,34,40)(H,36,41)/t22-/m0/s1. The molecule has 2 N–H and O–H groups in total. The molecule has 0 saturated heterocycles. The van der Waals surface area contributed by atoms with Crippen LogP contribution in [-0.2, 0) is 25.7 Å². The van der Waals surface area contributed by atoms with Crippen molar-refractivity contribution < 1.29 is 41.8 Å². The summed E-state index contributed by atoms with van der Waals surface area (Å²) in [6, 6.07) is 4.59. The third kappa shape index (κ3) is 10.8. The molecule has 15 heteroatoms. The number of alkyl carbamates (subject to hydrolysis) is 1. The molecule has 1 aromatic heterocycles. The van der Waals surface area contributed by atoms with Crippen LogP contribution in [0.15, 0.2) is 24.4 Å². The second-order valence-corrected chi connectivity index (χ2v) is 18.8. The number of amides is 3. The molecule has 2 heterocycles. The lowest BCUT2D eigenvalue weighted by Gasteiger charge is -2.27. The SMILES string of the molecule is COC(=O)Nc1ccc2c(c1)N(C(=O)C(F)(F)F)CCCCC[C@H](NC(=O)OC(C)(C)C)c1nc-2cn1COCC[Si](C)(C)C. The molecule has 45 heavy (non-hydrogen) atoms. The summed E-state index contributed by atoms with van der Waals surface area (Å²) in [6.45, 7) is 12.3. The summed E-state index contributed by atoms with van der Waals surface area (Å²) in [5.41, 5.74) is -0.207. The van der Waals surface area contributed by atoms with Crippen LogP contribution in [0.1, 0.15) is 58.3 Å². The third-order valence-electron chi connectivity index (χ3n) is 6.90. The molecule has 0 radical (unpaired) electrons. The summed E-state index contributed by atoms with van der Waals surface area (Å²) in [7, 11) is -0.235. The van der Waals surface area contributed by atoms with E-state index in [1.807, 2.05) is 0 Å². The number of methoxy groups -OCH3 is 1. The Morgan fingerprint density at radius 1 is 1.07 bits per heavy atom. The van der Waals surface area contributed by atoms with Crippen molar-refractivity contribution in [3.63, 3.8) is 0 Å². The first-order valence-electron chi connectivity index (χ1n) is 14.9. The highest BCUT2D eigenvalue weighted by Gasteiger charge is 2.43. The van der Waals surface area contributed by atoms with Crippen LogP contribution in [0.2, 0.25) is 25.7 Å². The number of anilines is 2. The number of aromatic nitrogens is 2. The van der Waals surface area contributed by atoms with Crippen LogP contribution in [0.3, 0.4) is 0 Å². The van der Waals surface area contributed by atoms with Crippen molar-refractivity contribution in [2.75, 3.05) is 30.5 Å². The van der Waals surface area contributed by atoms with Gasteiger partial charge in [-0.05, 0) is 57.9 Å². The van der Waals surface area contributed by atoms with Gasteiger partial charge in [-0.3, -0.25) is 10.1 Å². The van der Waals surface area contributed by atoms with Gasteiger partial charge in [-0.1, -0.05) is 32.5 Å². The summed E-state index contributed by atoms with van der Waals surface area (Å²) in [4.78, 5) is 43.0. The average molecular weight is 656 g/mol. The molecule has 0 aliphatic carbocycles. The van der Waals surface area contributed by atoms with Crippen molar-refractivity contribution in [2.45, 2.75) is 96.7 Å². The molecule has 250 valence electrons. The lowest BCUT2D eigenvalue weighted by molar-refractivity contribution is -0.170. The molecular formula is C30H44F3N5O6Si. The van der Waals surface area contributed by atoms with Crippen LogP contribution in [-0.4, -0.2) is 67.8 Å². The Bertz CT molecular complexity index is 1350. The zero-order chi connectivity index (χ0) is 33.6. The minimum atomic E-state index is -5.14. The quantitative estimate of drug-likeness (QED) is 0.241. The molecule has 3 rings (SSSR count). The summed E-state index contributed by atoms with van der Waals surface area (Å²) >= 11 is 0. The van der Waals surface area contributed by atoms with Crippen molar-refractivity contribution >= 4 is 37.5 Å². The Balaban J connectivity index is 2.17. The predicted octanol–water partition coefficient (Wildman–Crippen LogP) is 7.08. The van der Waals surface area contributed by atoms with Gasteiger partial charge in [-0.15, -0.1) is 0 Å². The number of carbonyl (C=O) groups is 3. The Hall–Kier alpha value is -3.59. The summed E-state index contributed by atoms with van der Waals surface area (Å²) < 4.78 is 59.4. The van der Waals surface area contributed by atoms with E-state index in [2.05, 4.69) is 35.0 Å². The van der Waals surface area contributed by atoms with Crippen LogP contribution in [0.4, 0.5) is 34.1 Å². The number of alkyl halides is 3. The minimum Gasteiger partial charge on any atom is -0.453 e. The van der Waals surface area contributed by atoms with E-state index < -0.39 is 44.0 Å². The number of nitrogens with zero attached hydrogens (tertiary/aromatic N) is 3. The zero-order valence-electron chi connectivity index (χ0n) is 27.0. The molecule has 1 atom stereocenters. The number of nitrogens with one attached hydrogen (secondary N) is 2. The molecule has 3 amide bonds. The maximum Gasteiger partial charge on any atom is 0.471 e. The van der Waals surface area contributed by atoms with Crippen molar-refractivity contribution in [3.05, 3.63) is 30.2 Å². The number of benzene rings is 1. The van der Waals surface area contributed by atoms with Crippen LogP contribution < -0.4 is 15.5 Å². The molecule has 2 aromatic rings. The Morgan fingerprint density at radius 2 is 1.78 bits per heavy atom. The molecule has 0 unspecified atom stereocenters. The number of halogens is 3. The number of fused-ring (bicyclic) bond motifs is 4. The summed E-state index contributed by atoms with van der Waals surface area (Å²) in [5.74, 6) is -1.60. The smallest absolute Gasteiger partial charge is 0.453 e. The highest BCUT2D eigenvalue weighted by atomic mass is 28.3. The van der Waals surface area contributed by atoms with E-state index in [-0.39, 0.29) is 42.3 Å². The number of carbonyl (C=O) groups excluding carboxylic acids is 3. The monoisotopic (exact) mass is 655 g/mol. The van der Waals surface area contributed by atoms with E-state index in [4.69, 9.17) is 14.5 Å².